The number of aliphatic hydroxyl groups excluding tert-OH is 1. The van der Waals surface area contributed by atoms with Crippen molar-refractivity contribution in [3.63, 3.8) is 0 Å². The Morgan fingerprint density at radius 3 is 1.81 bits per heavy atom. The minimum absolute atomic E-state index is 0.0282. The molecule has 0 amide bonds. The maximum Gasteiger partial charge on any atom is 0.209 e. The van der Waals surface area contributed by atoms with Crippen LogP contribution in [0.3, 0.4) is 0 Å². The number of ketones is 1. The van der Waals surface area contributed by atoms with Crippen LogP contribution in [0.2, 0.25) is 0 Å². The molecule has 0 radical (unpaired) electrons. The molecule has 9 nitrogen and oxygen atoms in total. The second kappa shape index (κ2) is 12.6. The van der Waals surface area contributed by atoms with Gasteiger partial charge in [-0.15, -0.1) is 5.11 Å². The van der Waals surface area contributed by atoms with Gasteiger partial charge in [0.05, 0.1) is 27.0 Å². The highest BCUT2D eigenvalue weighted by Crippen LogP contribution is 2.28. The van der Waals surface area contributed by atoms with E-state index in [-0.39, 0.29) is 28.7 Å². The molecule has 0 saturated carbocycles. The fourth-order valence-electron chi connectivity index (χ4n) is 3.08. The number of ether oxygens (including phenoxy) is 3. The van der Waals surface area contributed by atoms with Crippen molar-refractivity contribution in [3.05, 3.63) is 95.4 Å². The third kappa shape index (κ3) is 7.22. The fourth-order valence-corrected chi connectivity index (χ4v) is 3.08. The first kappa shape index (κ1) is 26.6. The van der Waals surface area contributed by atoms with E-state index in [1.807, 2.05) is 0 Å². The number of azo groups is 1. The number of hydrogen-bond donors (Lipinski definition) is 3. The van der Waals surface area contributed by atoms with Crippen LogP contribution in [0.25, 0.3) is 12.2 Å². The topological polar surface area (TPSA) is 130 Å². The molecule has 0 aliphatic rings. The van der Waals surface area contributed by atoms with Crippen LogP contribution in [-0.2, 0) is 4.79 Å². The van der Waals surface area contributed by atoms with Crippen molar-refractivity contribution < 1.29 is 34.3 Å². The summed E-state index contributed by atoms with van der Waals surface area (Å²) < 4.78 is 15.3. The number of carbonyl (C=O) groups excluding carboxylic acids is 1. The Morgan fingerprint density at radius 2 is 1.30 bits per heavy atom. The summed E-state index contributed by atoms with van der Waals surface area (Å²) in [6.45, 7) is 0. The first-order chi connectivity index (χ1) is 17.8. The SMILES string of the molecule is COc1ccc(N=N/C(C(=O)/C=C/c2ccc(O)c(OC)c2)=C(O)\C=C\c2ccc(O)c(OC)c2)cc1. The van der Waals surface area contributed by atoms with E-state index in [0.29, 0.717) is 22.6 Å². The van der Waals surface area contributed by atoms with Gasteiger partial charge in [-0.3, -0.25) is 4.79 Å². The minimum Gasteiger partial charge on any atom is -0.505 e. The van der Waals surface area contributed by atoms with Crippen molar-refractivity contribution >= 4 is 23.6 Å². The third-order valence-corrected chi connectivity index (χ3v) is 5.08. The van der Waals surface area contributed by atoms with E-state index in [1.165, 1.54) is 50.7 Å². The van der Waals surface area contributed by atoms with Crippen molar-refractivity contribution in [2.45, 2.75) is 0 Å². The second-order valence-electron chi connectivity index (χ2n) is 7.53. The maximum atomic E-state index is 13.0. The number of phenols is 2. The molecule has 0 fully saturated rings. The molecule has 9 heteroatoms. The van der Waals surface area contributed by atoms with Crippen LogP contribution in [0.15, 0.2) is 94.5 Å². The molecule has 0 aliphatic carbocycles. The summed E-state index contributed by atoms with van der Waals surface area (Å²) in [5.41, 5.74) is 1.32. The lowest BCUT2D eigenvalue weighted by Gasteiger charge is -2.04. The van der Waals surface area contributed by atoms with Crippen LogP contribution in [-0.4, -0.2) is 42.4 Å². The van der Waals surface area contributed by atoms with E-state index in [9.17, 15) is 20.1 Å². The predicted molar refractivity (Wildman–Crippen MR) is 140 cm³/mol. The quantitative estimate of drug-likeness (QED) is 0.135. The number of carbonyl (C=O) groups is 1. The summed E-state index contributed by atoms with van der Waals surface area (Å²) in [6, 6.07) is 15.9. The zero-order valence-electron chi connectivity index (χ0n) is 20.5. The molecule has 0 atom stereocenters. The van der Waals surface area contributed by atoms with E-state index in [2.05, 4.69) is 10.2 Å². The molecule has 3 aromatic rings. The number of aromatic hydroxyl groups is 2. The summed E-state index contributed by atoms with van der Waals surface area (Å²) in [7, 11) is 4.38. The Balaban J connectivity index is 1.94. The van der Waals surface area contributed by atoms with Gasteiger partial charge in [0.1, 0.15) is 11.5 Å². The first-order valence-electron chi connectivity index (χ1n) is 11.0. The molecule has 0 bridgehead atoms. The van der Waals surface area contributed by atoms with Gasteiger partial charge in [0.2, 0.25) is 5.78 Å². The number of methoxy groups -OCH3 is 3. The first-order valence-corrected chi connectivity index (χ1v) is 11.0. The Kier molecular flexibility index (Phi) is 9.04. The van der Waals surface area contributed by atoms with Crippen LogP contribution in [0.1, 0.15) is 11.1 Å². The lowest BCUT2D eigenvalue weighted by atomic mass is 10.1. The number of allylic oxidation sites excluding steroid dienone is 2. The summed E-state index contributed by atoms with van der Waals surface area (Å²) in [5.74, 6) is 0.0336. The molecular weight excluding hydrogens is 476 g/mol. The lowest BCUT2D eigenvalue weighted by molar-refractivity contribution is -0.111. The van der Waals surface area contributed by atoms with Crippen molar-refractivity contribution in [2.24, 2.45) is 10.2 Å². The van der Waals surface area contributed by atoms with Gasteiger partial charge in [0, 0.05) is 0 Å². The van der Waals surface area contributed by atoms with Gasteiger partial charge < -0.3 is 29.5 Å². The molecule has 0 aliphatic heterocycles. The zero-order valence-corrected chi connectivity index (χ0v) is 20.5. The van der Waals surface area contributed by atoms with Crippen LogP contribution in [0.5, 0.6) is 28.7 Å². The highest BCUT2D eigenvalue weighted by Gasteiger charge is 2.12. The fraction of sp³-hybridized carbons (Fsp3) is 0.107. The Morgan fingerprint density at radius 1 is 0.757 bits per heavy atom. The van der Waals surface area contributed by atoms with Crippen molar-refractivity contribution in [1.82, 2.24) is 0 Å². The molecule has 0 heterocycles. The van der Waals surface area contributed by atoms with Crippen LogP contribution < -0.4 is 14.2 Å². The standard InChI is InChI=1S/C28H26N2O7/c1-35-21-10-8-20(9-11-21)29-30-28(24(33)14-6-18-4-12-22(31)26(16-18)36-2)25(34)15-7-19-5-13-23(32)27(17-19)37-3/h4-17,31-33H,1-3H3/b14-6+,15-7+,28-24+,30-29?. The van der Waals surface area contributed by atoms with Gasteiger partial charge in [-0.1, -0.05) is 24.3 Å². The summed E-state index contributed by atoms with van der Waals surface area (Å²) >= 11 is 0. The highest BCUT2D eigenvalue weighted by atomic mass is 16.5. The van der Waals surface area contributed by atoms with Crippen LogP contribution in [0, 0.1) is 0 Å². The van der Waals surface area contributed by atoms with Gasteiger partial charge in [-0.25, -0.2) is 0 Å². The average Bonchev–Trinajstić information content (AvgIpc) is 2.92. The van der Waals surface area contributed by atoms with E-state index in [1.54, 1.807) is 55.6 Å². The summed E-state index contributed by atoms with van der Waals surface area (Å²) in [6.07, 6.45) is 5.54. The minimum atomic E-state index is -0.616. The molecule has 3 aromatic carbocycles. The van der Waals surface area contributed by atoms with Crippen LogP contribution >= 0.6 is 0 Å². The highest BCUT2D eigenvalue weighted by molar-refractivity contribution is 6.06. The van der Waals surface area contributed by atoms with E-state index in [0.717, 1.165) is 0 Å². The van der Waals surface area contributed by atoms with Gasteiger partial charge in [0.25, 0.3) is 0 Å². The number of hydrogen-bond acceptors (Lipinski definition) is 9. The van der Waals surface area contributed by atoms with E-state index in [4.69, 9.17) is 14.2 Å². The molecule has 0 aromatic heterocycles. The van der Waals surface area contributed by atoms with Gasteiger partial charge in [0.15, 0.2) is 28.7 Å². The largest absolute Gasteiger partial charge is 0.505 e. The molecule has 3 rings (SSSR count). The van der Waals surface area contributed by atoms with Gasteiger partial charge in [-0.2, -0.15) is 5.11 Å². The average molecular weight is 503 g/mol. The Bertz CT molecular complexity index is 1370. The smallest absolute Gasteiger partial charge is 0.209 e. The Labute approximate surface area is 213 Å². The van der Waals surface area contributed by atoms with Gasteiger partial charge >= 0.3 is 0 Å². The van der Waals surface area contributed by atoms with E-state index < -0.39 is 11.5 Å². The number of phenolic OH excluding ortho intramolecular Hbond substituents is 2. The maximum absolute atomic E-state index is 13.0. The van der Waals surface area contributed by atoms with Crippen molar-refractivity contribution in [1.29, 1.82) is 0 Å². The van der Waals surface area contributed by atoms with Crippen LogP contribution in [0.4, 0.5) is 5.69 Å². The Hall–Kier alpha value is -5.05. The molecule has 0 unspecified atom stereocenters. The number of benzene rings is 3. The molecule has 3 N–H and O–H groups in total. The van der Waals surface area contributed by atoms with E-state index >= 15 is 0 Å². The number of aliphatic hydroxyl groups is 1. The number of nitrogens with zero attached hydrogens (tertiary/aromatic N) is 2. The molecule has 0 spiro atoms. The lowest BCUT2D eigenvalue weighted by Crippen LogP contribution is -1.99. The number of rotatable bonds is 10. The summed E-state index contributed by atoms with van der Waals surface area (Å²) in [5, 5.41) is 38.3. The second-order valence-corrected chi connectivity index (χ2v) is 7.53. The molecular formula is C28H26N2O7. The third-order valence-electron chi connectivity index (χ3n) is 5.08. The molecule has 37 heavy (non-hydrogen) atoms. The normalized spacial score (nSPS) is 12.2. The molecule has 190 valence electrons. The monoisotopic (exact) mass is 502 g/mol. The van der Waals surface area contributed by atoms with Gasteiger partial charge in [-0.05, 0) is 71.8 Å². The summed E-state index contributed by atoms with van der Waals surface area (Å²) in [4.78, 5) is 13.0. The van der Waals surface area contributed by atoms with Crippen molar-refractivity contribution in [2.75, 3.05) is 21.3 Å². The zero-order chi connectivity index (χ0) is 26.8. The molecule has 0 saturated heterocycles. The van der Waals surface area contributed by atoms with Crippen molar-refractivity contribution in [3.8, 4) is 28.7 Å². The predicted octanol–water partition coefficient (Wildman–Crippen LogP) is 5.97.